The average molecular weight is 811 g/mol. The second kappa shape index (κ2) is 22.5. The lowest BCUT2D eigenvalue weighted by Gasteiger charge is -2.58. The number of aliphatic hydroxyl groups excluding tert-OH is 3. The summed E-state index contributed by atoms with van der Waals surface area (Å²) in [6, 6.07) is 0. The summed E-state index contributed by atoms with van der Waals surface area (Å²) in [5.41, 5.74) is 2.05. The number of rotatable bonds is 22. The van der Waals surface area contributed by atoms with Crippen molar-refractivity contribution in [3.63, 3.8) is 0 Å². The van der Waals surface area contributed by atoms with Gasteiger partial charge in [-0.1, -0.05) is 123 Å². The zero-order valence-electron chi connectivity index (χ0n) is 37.9. The van der Waals surface area contributed by atoms with Gasteiger partial charge in [-0.15, -0.1) is 0 Å². The Balaban J connectivity index is 1.06. The smallest absolute Gasteiger partial charge is 0.305 e. The van der Waals surface area contributed by atoms with Crippen molar-refractivity contribution < 1.29 is 34.3 Å². The van der Waals surface area contributed by atoms with Gasteiger partial charge in [0, 0.05) is 6.42 Å². The number of hydrogen-bond donors (Lipinski definition) is 3. The molecule has 7 nitrogen and oxygen atoms in total. The molecule has 332 valence electrons. The molecule has 58 heavy (non-hydrogen) atoms. The summed E-state index contributed by atoms with van der Waals surface area (Å²) in [6.45, 7) is 16.7. The molecule has 1 aliphatic heterocycles. The summed E-state index contributed by atoms with van der Waals surface area (Å²) in [5, 5.41) is 32.5. The topological polar surface area (TPSA) is 105 Å². The van der Waals surface area contributed by atoms with Crippen LogP contribution in [-0.4, -0.2) is 64.7 Å². The molecule has 0 bridgehead atoms. The molecule has 0 radical (unpaired) electrons. The Morgan fingerprint density at radius 2 is 1.55 bits per heavy atom. The van der Waals surface area contributed by atoms with Gasteiger partial charge in [0.25, 0.3) is 0 Å². The van der Waals surface area contributed by atoms with Crippen molar-refractivity contribution in [2.75, 3.05) is 6.61 Å². The number of carbonyl (C=O) groups is 1. The van der Waals surface area contributed by atoms with E-state index in [0.29, 0.717) is 35.5 Å². The van der Waals surface area contributed by atoms with Crippen molar-refractivity contribution in [2.24, 2.45) is 52.3 Å². The number of esters is 1. The van der Waals surface area contributed by atoms with Crippen LogP contribution in [0.4, 0.5) is 0 Å². The molecule has 3 N–H and O–H groups in total. The second-order valence-electron chi connectivity index (χ2n) is 20.4. The predicted molar refractivity (Wildman–Crippen MR) is 235 cm³/mol. The Kier molecular flexibility index (Phi) is 18.5. The molecule has 0 amide bonds. The van der Waals surface area contributed by atoms with Crippen LogP contribution in [0.2, 0.25) is 0 Å². The van der Waals surface area contributed by atoms with Crippen LogP contribution in [-0.2, 0) is 19.0 Å². The van der Waals surface area contributed by atoms with Crippen LogP contribution >= 0.6 is 0 Å². The zero-order valence-corrected chi connectivity index (χ0v) is 37.9. The first kappa shape index (κ1) is 47.5. The van der Waals surface area contributed by atoms with E-state index in [2.05, 4.69) is 78.8 Å². The fourth-order valence-corrected chi connectivity index (χ4v) is 12.5. The highest BCUT2D eigenvalue weighted by molar-refractivity contribution is 5.69. The molecule has 14 atom stereocenters. The molecule has 3 saturated carbocycles. The minimum atomic E-state index is -1.45. The maximum atomic E-state index is 12.6. The largest absolute Gasteiger partial charge is 0.463 e. The van der Waals surface area contributed by atoms with Crippen molar-refractivity contribution in [1.82, 2.24) is 0 Å². The molecule has 5 rings (SSSR count). The van der Waals surface area contributed by atoms with Gasteiger partial charge in [-0.3, -0.25) is 4.79 Å². The van der Waals surface area contributed by atoms with Crippen LogP contribution < -0.4 is 0 Å². The van der Waals surface area contributed by atoms with Gasteiger partial charge in [0.2, 0.25) is 0 Å². The van der Waals surface area contributed by atoms with E-state index in [4.69, 9.17) is 14.2 Å². The number of hydrogen-bond acceptors (Lipinski definition) is 7. The van der Waals surface area contributed by atoms with E-state index < -0.39 is 30.7 Å². The van der Waals surface area contributed by atoms with E-state index in [9.17, 15) is 20.1 Å². The zero-order chi connectivity index (χ0) is 41.9. The minimum absolute atomic E-state index is 0.150. The Morgan fingerprint density at radius 3 is 2.26 bits per heavy atom. The lowest BCUT2D eigenvalue weighted by atomic mass is 9.47. The van der Waals surface area contributed by atoms with Crippen molar-refractivity contribution in [3.05, 3.63) is 36.0 Å². The molecule has 0 unspecified atom stereocenters. The van der Waals surface area contributed by atoms with E-state index in [0.717, 1.165) is 75.5 Å². The van der Waals surface area contributed by atoms with Gasteiger partial charge in [0.15, 0.2) is 6.29 Å². The summed E-state index contributed by atoms with van der Waals surface area (Å²) in [5.74, 6) is 4.60. The van der Waals surface area contributed by atoms with E-state index in [1.807, 2.05) is 0 Å². The second-order valence-corrected chi connectivity index (χ2v) is 20.4. The van der Waals surface area contributed by atoms with Crippen LogP contribution in [0, 0.1) is 52.3 Å². The predicted octanol–water partition coefficient (Wildman–Crippen LogP) is 11.4. The first-order chi connectivity index (χ1) is 27.8. The third kappa shape index (κ3) is 11.7. The van der Waals surface area contributed by atoms with Gasteiger partial charge in [-0.25, -0.2) is 0 Å². The molecular weight excluding hydrogens is 725 g/mol. The highest BCUT2D eigenvalue weighted by Gasteiger charge is 2.59. The van der Waals surface area contributed by atoms with Gasteiger partial charge in [-0.05, 0) is 142 Å². The van der Waals surface area contributed by atoms with Crippen LogP contribution in [0.5, 0.6) is 0 Å². The first-order valence-corrected chi connectivity index (χ1v) is 24.4. The molecule has 5 aliphatic rings. The molecule has 0 aromatic rings. The Labute approximate surface area is 354 Å². The molecule has 7 heteroatoms. The van der Waals surface area contributed by atoms with E-state index >= 15 is 0 Å². The molecule has 4 aliphatic carbocycles. The third-order valence-corrected chi connectivity index (χ3v) is 16.3. The van der Waals surface area contributed by atoms with Crippen LogP contribution in [0.15, 0.2) is 36.0 Å². The van der Waals surface area contributed by atoms with Crippen LogP contribution in [0.25, 0.3) is 0 Å². The fourth-order valence-electron chi connectivity index (χ4n) is 12.5. The molecule has 1 heterocycles. The standard InChI is InChI=1S/C51H86O7/c1-8-10-11-12-13-14-15-16-17-18-19-20-21-22-45(52)56-34-44-46(53)47(54)48(55)49(58-44)57-39-29-31-50(6)38(33-39)25-26-40-42-28-27-41(51(42,7)32-30-43(40)50)36(5)23-24-37(9-2)35(3)4/h14-15,23-25,35-37,39-44,46-49,53-55H,8-13,16-22,26-34H2,1-7H3/b15-14+,24-23+/t36-,37-,39+,40+,41-,42+,43+,44-,46-,47+,48-,49-,50+,51-/m1/s1. The number of allylic oxidation sites excluding steroid dienone is 5. The van der Waals surface area contributed by atoms with Crippen molar-refractivity contribution in [3.8, 4) is 0 Å². The SMILES string of the molecule is CCCCCC/C=C/CCCCCCCC(=O)OC[C@H]1O[C@@H](O[C@H]2CC[C@@]3(C)C(=CC[C@H]4[C@@H]5CC[C@H]([C@H](C)/C=C/[C@@H](CC)C(C)C)[C@@]5(C)CC[C@@H]43)C2)[C@H](O)[C@@H](O)[C@@H]1O. The minimum Gasteiger partial charge on any atom is -0.463 e. The van der Waals surface area contributed by atoms with Crippen molar-refractivity contribution in [1.29, 1.82) is 0 Å². The van der Waals surface area contributed by atoms with Gasteiger partial charge in [0.1, 0.15) is 31.0 Å². The van der Waals surface area contributed by atoms with Gasteiger partial charge < -0.3 is 29.5 Å². The maximum Gasteiger partial charge on any atom is 0.305 e. The molecule has 0 aromatic carbocycles. The van der Waals surface area contributed by atoms with Gasteiger partial charge in [-0.2, -0.15) is 0 Å². The quantitative estimate of drug-likeness (QED) is 0.0568. The Hall–Kier alpha value is -1.51. The molecule has 0 spiro atoms. The Bertz CT molecular complexity index is 1340. The number of fused-ring (bicyclic) bond motifs is 5. The summed E-state index contributed by atoms with van der Waals surface area (Å²) in [7, 11) is 0. The molecule has 1 saturated heterocycles. The third-order valence-electron chi connectivity index (χ3n) is 16.3. The van der Waals surface area contributed by atoms with Crippen LogP contribution in [0.3, 0.4) is 0 Å². The number of aliphatic hydroxyl groups is 3. The normalized spacial score (nSPS) is 37.4. The summed E-state index contributed by atoms with van der Waals surface area (Å²) in [6.07, 6.45) is 29.3. The monoisotopic (exact) mass is 811 g/mol. The van der Waals surface area contributed by atoms with Gasteiger partial charge in [0.05, 0.1) is 6.10 Å². The number of ether oxygens (including phenoxy) is 3. The first-order valence-electron chi connectivity index (χ1n) is 24.4. The van der Waals surface area contributed by atoms with E-state index in [1.165, 1.54) is 76.2 Å². The van der Waals surface area contributed by atoms with Crippen molar-refractivity contribution in [2.45, 2.75) is 220 Å². The highest BCUT2D eigenvalue weighted by Crippen LogP contribution is 2.67. The number of unbranched alkanes of at least 4 members (excludes halogenated alkanes) is 9. The average Bonchev–Trinajstić information content (AvgIpc) is 3.56. The summed E-state index contributed by atoms with van der Waals surface area (Å²) in [4.78, 5) is 12.6. The Morgan fingerprint density at radius 1 is 0.845 bits per heavy atom. The molecule has 4 fully saturated rings. The van der Waals surface area contributed by atoms with E-state index in [-0.39, 0.29) is 24.1 Å². The molecule has 0 aromatic heterocycles. The summed E-state index contributed by atoms with van der Waals surface area (Å²) < 4.78 is 18.0. The van der Waals surface area contributed by atoms with Gasteiger partial charge >= 0.3 is 5.97 Å². The lowest BCUT2D eigenvalue weighted by molar-refractivity contribution is -0.313. The van der Waals surface area contributed by atoms with E-state index in [1.54, 1.807) is 0 Å². The van der Waals surface area contributed by atoms with Crippen molar-refractivity contribution >= 4 is 5.97 Å². The lowest BCUT2D eigenvalue weighted by Crippen LogP contribution is -2.60. The molecular formula is C51H86O7. The fraction of sp³-hybridized carbons (Fsp3) is 0.863. The maximum absolute atomic E-state index is 12.6. The number of carbonyl (C=O) groups excluding carboxylic acids is 1. The summed E-state index contributed by atoms with van der Waals surface area (Å²) >= 11 is 0. The highest BCUT2D eigenvalue weighted by atomic mass is 16.7. The van der Waals surface area contributed by atoms with Crippen LogP contribution in [0.1, 0.15) is 183 Å².